The van der Waals surface area contributed by atoms with Crippen LogP contribution in [0, 0.1) is 17.8 Å². The number of aliphatic hydroxyl groups is 4. The molecule has 0 aliphatic heterocycles. The lowest BCUT2D eigenvalue weighted by molar-refractivity contribution is -0.194. The minimum atomic E-state index is -2.85. The molecular formula is C27H32N2O8. The first-order valence-electron chi connectivity index (χ1n) is 12.5. The maximum atomic E-state index is 13.9. The van der Waals surface area contributed by atoms with Gasteiger partial charge in [-0.05, 0) is 50.4 Å². The fourth-order valence-electron chi connectivity index (χ4n) is 7.15. The summed E-state index contributed by atoms with van der Waals surface area (Å²) in [6.45, 7) is 1.72. The van der Waals surface area contributed by atoms with Crippen LogP contribution < -0.4 is 5.73 Å². The minimum absolute atomic E-state index is 0.0521. The topological polar surface area (TPSA) is 182 Å². The highest BCUT2D eigenvalue weighted by Gasteiger charge is 2.69. The SMILES string of the molecule is C[C@H]1c2ccc(C3=CCCC3)c(O)c2C(=O)C2=C(O)[C@]3(O)C(=O)C(C(N)=O)C(O)[C@@H](N(C)C)[C@@H]3[C@@H](O)[C@@H]21. The number of carbonyl (C=O) groups excluding carboxylic acids is 3. The third-order valence-corrected chi connectivity index (χ3v) is 8.89. The first kappa shape index (κ1) is 25.6. The Bertz CT molecular complexity index is 1280. The van der Waals surface area contributed by atoms with Crippen LogP contribution in [0.4, 0.5) is 0 Å². The van der Waals surface area contributed by atoms with Crippen molar-refractivity contribution in [1.29, 1.82) is 0 Å². The molecule has 37 heavy (non-hydrogen) atoms. The molecule has 1 fully saturated rings. The van der Waals surface area contributed by atoms with Gasteiger partial charge in [0.05, 0.1) is 17.8 Å². The Hall–Kier alpha value is -3.05. The van der Waals surface area contributed by atoms with Gasteiger partial charge in [0.25, 0.3) is 0 Å². The number of ketones is 2. The van der Waals surface area contributed by atoms with Gasteiger partial charge >= 0.3 is 0 Å². The number of hydrogen-bond acceptors (Lipinski definition) is 9. The van der Waals surface area contributed by atoms with Crippen LogP contribution in [0.5, 0.6) is 5.75 Å². The van der Waals surface area contributed by atoms with E-state index < -0.39 is 70.8 Å². The number of aliphatic hydroxyl groups excluding tert-OH is 3. The van der Waals surface area contributed by atoms with Crippen LogP contribution in [0.15, 0.2) is 29.5 Å². The second kappa shape index (κ2) is 8.49. The van der Waals surface area contributed by atoms with Gasteiger partial charge in [0, 0.05) is 29.0 Å². The van der Waals surface area contributed by atoms with Crippen molar-refractivity contribution in [2.24, 2.45) is 23.5 Å². The highest BCUT2D eigenvalue weighted by molar-refractivity contribution is 6.16. The number of Topliss-reactive ketones (excluding diaryl/α,β-unsaturated/α-hetero) is 2. The van der Waals surface area contributed by atoms with E-state index >= 15 is 0 Å². The Morgan fingerprint density at radius 3 is 2.38 bits per heavy atom. The second-order valence-electron chi connectivity index (χ2n) is 10.9. The van der Waals surface area contributed by atoms with Crippen molar-refractivity contribution in [3.8, 4) is 5.75 Å². The predicted molar refractivity (Wildman–Crippen MR) is 131 cm³/mol. The molecule has 10 heteroatoms. The van der Waals surface area contributed by atoms with Crippen molar-refractivity contribution in [2.75, 3.05) is 14.1 Å². The van der Waals surface area contributed by atoms with Gasteiger partial charge in [-0.1, -0.05) is 25.1 Å². The summed E-state index contributed by atoms with van der Waals surface area (Å²) in [6.07, 6.45) is 1.28. The van der Waals surface area contributed by atoms with Gasteiger partial charge in [0.2, 0.25) is 5.91 Å². The third-order valence-electron chi connectivity index (χ3n) is 8.89. The zero-order valence-electron chi connectivity index (χ0n) is 20.9. The molecule has 2 unspecified atom stereocenters. The largest absolute Gasteiger partial charge is 0.508 e. The number of nitrogens with zero attached hydrogens (tertiary/aromatic N) is 1. The van der Waals surface area contributed by atoms with Crippen molar-refractivity contribution < 1.29 is 39.9 Å². The zero-order valence-corrected chi connectivity index (χ0v) is 20.9. The van der Waals surface area contributed by atoms with E-state index in [1.54, 1.807) is 19.1 Å². The summed E-state index contributed by atoms with van der Waals surface area (Å²) in [7, 11) is 3.07. The van der Waals surface area contributed by atoms with E-state index in [0.29, 0.717) is 11.1 Å². The smallest absolute Gasteiger partial charge is 0.230 e. The van der Waals surface area contributed by atoms with Crippen LogP contribution in [0.3, 0.4) is 0 Å². The number of likely N-dealkylation sites (N-methyl/N-ethyl adjacent to an activating group) is 1. The Morgan fingerprint density at radius 1 is 1.14 bits per heavy atom. The molecule has 0 saturated heterocycles. The highest BCUT2D eigenvalue weighted by Crippen LogP contribution is 2.56. The van der Waals surface area contributed by atoms with Crippen LogP contribution >= 0.6 is 0 Å². The molecule has 1 amide bonds. The number of amides is 1. The number of allylic oxidation sites excluding steroid dienone is 2. The molecule has 0 aromatic heterocycles. The Morgan fingerprint density at radius 2 is 1.81 bits per heavy atom. The van der Waals surface area contributed by atoms with E-state index in [2.05, 4.69) is 0 Å². The van der Waals surface area contributed by atoms with Gasteiger partial charge in [0.15, 0.2) is 17.2 Å². The summed E-state index contributed by atoms with van der Waals surface area (Å²) in [4.78, 5) is 40.9. The number of phenols is 1. The van der Waals surface area contributed by atoms with Gasteiger partial charge in [-0.2, -0.15) is 0 Å². The van der Waals surface area contributed by atoms with Crippen LogP contribution in [-0.2, 0) is 9.59 Å². The number of primary amides is 1. The molecule has 5 rings (SSSR count). The summed E-state index contributed by atoms with van der Waals surface area (Å²) in [5, 5.41) is 57.0. The van der Waals surface area contributed by atoms with Crippen molar-refractivity contribution >= 4 is 23.0 Å². The Balaban J connectivity index is 1.75. The van der Waals surface area contributed by atoms with E-state index in [1.807, 2.05) is 6.08 Å². The van der Waals surface area contributed by atoms with Gasteiger partial charge in [-0.25, -0.2) is 0 Å². The standard InChI is InChI=1S/C27H32N2O8/c1-10-12-8-9-13(11-6-4-5-7-11)20(30)15(12)21(31)16-14(10)22(32)18-19(29(2)3)23(33)17(26(28)36)25(35)27(18,37)24(16)34/h6,8-10,14,17-19,22-23,30,32-34,37H,4-5,7H2,1-3H3,(H2,28,36)/t10-,14+,17?,18+,19-,22-,23?,27-/m0/s1. The molecule has 0 heterocycles. The fourth-order valence-corrected chi connectivity index (χ4v) is 7.15. The number of hydrogen-bond donors (Lipinski definition) is 6. The van der Waals surface area contributed by atoms with Crippen molar-refractivity contribution in [1.82, 2.24) is 4.90 Å². The maximum Gasteiger partial charge on any atom is 0.230 e. The maximum absolute atomic E-state index is 13.9. The summed E-state index contributed by atoms with van der Waals surface area (Å²) in [6, 6.07) is 2.30. The lowest BCUT2D eigenvalue weighted by Gasteiger charge is -2.56. The number of aromatic hydroxyl groups is 1. The fraction of sp³-hybridized carbons (Fsp3) is 0.519. The summed E-state index contributed by atoms with van der Waals surface area (Å²) >= 11 is 0. The number of fused-ring (bicyclic) bond motifs is 3. The van der Waals surface area contributed by atoms with Gasteiger partial charge in [-0.3, -0.25) is 14.4 Å². The van der Waals surface area contributed by atoms with E-state index in [1.165, 1.54) is 19.0 Å². The number of benzene rings is 1. The van der Waals surface area contributed by atoms with Gasteiger partial charge in [-0.15, -0.1) is 0 Å². The number of rotatable bonds is 3. The average molecular weight is 513 g/mol. The lowest BCUT2D eigenvalue weighted by Crippen LogP contribution is -2.74. The monoisotopic (exact) mass is 512 g/mol. The van der Waals surface area contributed by atoms with E-state index in [4.69, 9.17) is 5.73 Å². The molecule has 0 bridgehead atoms. The van der Waals surface area contributed by atoms with Gasteiger partial charge in [0.1, 0.15) is 17.4 Å². The molecule has 198 valence electrons. The lowest BCUT2D eigenvalue weighted by atomic mass is 9.53. The molecular weight excluding hydrogens is 480 g/mol. The van der Waals surface area contributed by atoms with E-state index in [-0.39, 0.29) is 16.9 Å². The first-order chi connectivity index (χ1) is 17.3. The number of phenolic OH excluding ortho intramolecular Hbond substituents is 1. The second-order valence-corrected chi connectivity index (χ2v) is 10.9. The molecule has 4 aliphatic carbocycles. The molecule has 7 N–H and O–H groups in total. The number of nitrogens with two attached hydrogens (primary N) is 1. The molecule has 10 nitrogen and oxygen atoms in total. The normalized spacial score (nSPS) is 37.3. The Labute approximate surface area is 213 Å². The Kier molecular flexibility index (Phi) is 5.87. The van der Waals surface area contributed by atoms with Crippen molar-refractivity contribution in [2.45, 2.75) is 56.0 Å². The van der Waals surface area contributed by atoms with Crippen LogP contribution in [0.25, 0.3) is 5.57 Å². The number of carbonyl (C=O) groups is 3. The zero-order chi connectivity index (χ0) is 27.1. The highest BCUT2D eigenvalue weighted by atomic mass is 16.4. The van der Waals surface area contributed by atoms with Crippen molar-refractivity contribution in [3.63, 3.8) is 0 Å². The molecule has 1 aromatic carbocycles. The van der Waals surface area contributed by atoms with Crippen LogP contribution in [-0.4, -0.2) is 85.9 Å². The van der Waals surface area contributed by atoms with E-state index in [9.17, 15) is 39.9 Å². The summed E-state index contributed by atoms with van der Waals surface area (Å²) < 4.78 is 0. The van der Waals surface area contributed by atoms with Gasteiger partial charge < -0.3 is 36.2 Å². The quantitative estimate of drug-likeness (QED) is 0.312. The van der Waals surface area contributed by atoms with Crippen LogP contribution in [0.1, 0.15) is 53.6 Å². The van der Waals surface area contributed by atoms with Crippen LogP contribution in [0.2, 0.25) is 0 Å². The third kappa shape index (κ3) is 3.22. The molecule has 0 radical (unpaired) electrons. The van der Waals surface area contributed by atoms with Crippen molar-refractivity contribution in [3.05, 3.63) is 46.2 Å². The molecule has 0 spiro atoms. The first-order valence-corrected chi connectivity index (χ1v) is 12.5. The average Bonchev–Trinajstić information content (AvgIpc) is 3.35. The summed E-state index contributed by atoms with van der Waals surface area (Å²) in [5.41, 5.74) is 3.98. The minimum Gasteiger partial charge on any atom is -0.508 e. The molecule has 1 saturated carbocycles. The predicted octanol–water partition coefficient (Wildman–Crippen LogP) is 0.385. The summed E-state index contributed by atoms with van der Waals surface area (Å²) in [5.74, 6) is -9.52. The molecule has 8 atom stereocenters. The van der Waals surface area contributed by atoms with E-state index in [0.717, 1.165) is 24.8 Å². The molecule has 1 aromatic rings. The molecule has 4 aliphatic rings.